The zero-order chi connectivity index (χ0) is 15.6. The summed E-state index contributed by atoms with van der Waals surface area (Å²) in [7, 11) is 0. The molecule has 8 heteroatoms. The second-order valence-electron chi connectivity index (χ2n) is 4.75. The van der Waals surface area contributed by atoms with E-state index in [9.17, 15) is 22.8 Å². The molecule has 2 amide bonds. The van der Waals surface area contributed by atoms with Crippen LogP contribution in [0.15, 0.2) is 18.2 Å². The number of alkyl halides is 3. The van der Waals surface area contributed by atoms with Crippen LogP contribution in [0.4, 0.5) is 18.9 Å². The number of piperazine rings is 1. The van der Waals surface area contributed by atoms with E-state index in [-0.39, 0.29) is 30.2 Å². The second kappa shape index (κ2) is 5.72. The predicted molar refractivity (Wildman–Crippen MR) is 69.6 cm³/mol. The molecular weight excluding hydrogens is 287 g/mol. The van der Waals surface area contributed by atoms with E-state index in [0.717, 1.165) is 6.07 Å². The highest BCUT2D eigenvalue weighted by Crippen LogP contribution is 2.33. The summed E-state index contributed by atoms with van der Waals surface area (Å²) in [6.07, 6.45) is -4.47. The number of aryl methyl sites for hydroxylation is 1. The van der Waals surface area contributed by atoms with Crippen LogP contribution in [-0.2, 0) is 15.8 Å². The van der Waals surface area contributed by atoms with E-state index in [1.165, 1.54) is 19.1 Å². The van der Waals surface area contributed by atoms with Crippen molar-refractivity contribution in [1.29, 1.82) is 0 Å². The molecule has 3 N–H and O–H groups in total. The molecule has 0 bridgehead atoms. The van der Waals surface area contributed by atoms with Gasteiger partial charge < -0.3 is 10.6 Å². The van der Waals surface area contributed by atoms with Gasteiger partial charge in [-0.1, -0.05) is 6.07 Å². The van der Waals surface area contributed by atoms with Crippen molar-refractivity contribution in [3.63, 3.8) is 0 Å². The van der Waals surface area contributed by atoms with E-state index >= 15 is 0 Å². The molecule has 1 aliphatic heterocycles. The lowest BCUT2D eigenvalue weighted by atomic mass is 10.1. The number of carbonyl (C=O) groups is 2. The smallest absolute Gasteiger partial charge is 0.353 e. The minimum Gasteiger partial charge on any atom is -0.353 e. The van der Waals surface area contributed by atoms with Gasteiger partial charge in [0.15, 0.2) is 0 Å². The summed E-state index contributed by atoms with van der Waals surface area (Å²) in [5.74, 6) is -0.722. The lowest BCUT2D eigenvalue weighted by molar-refractivity contribution is -0.138. The second-order valence-corrected chi connectivity index (χ2v) is 4.75. The third kappa shape index (κ3) is 3.72. The first kappa shape index (κ1) is 15.3. The normalized spacial score (nSPS) is 19.0. The number of carbonyl (C=O) groups excluding carboxylic acids is 2. The first-order valence-corrected chi connectivity index (χ1v) is 6.26. The zero-order valence-corrected chi connectivity index (χ0v) is 11.2. The Morgan fingerprint density at radius 1 is 1.38 bits per heavy atom. The average Bonchev–Trinajstić information content (AvgIpc) is 2.40. The average molecular weight is 301 g/mol. The fourth-order valence-corrected chi connectivity index (χ4v) is 1.99. The number of nitrogens with one attached hydrogen (secondary N) is 3. The Hall–Kier alpha value is -2.09. The van der Waals surface area contributed by atoms with Crippen LogP contribution in [-0.4, -0.2) is 30.9 Å². The monoisotopic (exact) mass is 301 g/mol. The first-order chi connectivity index (χ1) is 9.77. The van der Waals surface area contributed by atoms with Crippen LogP contribution in [0, 0.1) is 6.92 Å². The quantitative estimate of drug-likeness (QED) is 0.764. The first-order valence-electron chi connectivity index (χ1n) is 6.26. The van der Waals surface area contributed by atoms with Crippen LogP contribution in [0.25, 0.3) is 0 Å². The number of hydrogen-bond acceptors (Lipinski definition) is 3. The molecule has 1 aromatic carbocycles. The van der Waals surface area contributed by atoms with E-state index in [2.05, 4.69) is 16.0 Å². The third-order valence-electron chi connectivity index (χ3n) is 3.14. The molecule has 1 atom stereocenters. The third-order valence-corrected chi connectivity index (χ3v) is 3.14. The molecule has 0 radical (unpaired) electrons. The molecule has 0 spiro atoms. The molecule has 1 unspecified atom stereocenters. The Kier molecular flexibility index (Phi) is 4.17. The fraction of sp³-hybridized carbons (Fsp3) is 0.385. The summed E-state index contributed by atoms with van der Waals surface area (Å²) < 4.78 is 38.4. The van der Waals surface area contributed by atoms with Gasteiger partial charge in [-0.25, -0.2) is 0 Å². The van der Waals surface area contributed by atoms with Gasteiger partial charge in [0.05, 0.1) is 12.1 Å². The number of hydrogen-bond donors (Lipinski definition) is 3. The maximum Gasteiger partial charge on any atom is 0.416 e. The van der Waals surface area contributed by atoms with Crippen molar-refractivity contribution in [1.82, 2.24) is 10.6 Å². The van der Waals surface area contributed by atoms with Crippen LogP contribution < -0.4 is 16.0 Å². The molecule has 0 saturated carbocycles. The van der Waals surface area contributed by atoms with Gasteiger partial charge in [-0.05, 0) is 24.6 Å². The van der Waals surface area contributed by atoms with E-state index in [1.807, 2.05) is 0 Å². The van der Waals surface area contributed by atoms with Gasteiger partial charge in [0, 0.05) is 12.2 Å². The van der Waals surface area contributed by atoms with Crippen molar-refractivity contribution in [3.05, 3.63) is 29.3 Å². The topological polar surface area (TPSA) is 70.2 Å². The van der Waals surface area contributed by atoms with Crippen molar-refractivity contribution in [2.24, 2.45) is 0 Å². The molecule has 1 aliphatic rings. The summed E-state index contributed by atoms with van der Waals surface area (Å²) in [5.41, 5.74) is -0.634. The minimum absolute atomic E-state index is 0.000213. The maximum atomic E-state index is 12.8. The summed E-state index contributed by atoms with van der Waals surface area (Å²) in [4.78, 5) is 22.9. The molecule has 0 aromatic heterocycles. The molecule has 1 fully saturated rings. The van der Waals surface area contributed by atoms with Gasteiger partial charge in [-0.3, -0.25) is 14.9 Å². The molecule has 1 heterocycles. The molecule has 114 valence electrons. The van der Waals surface area contributed by atoms with Gasteiger partial charge in [0.2, 0.25) is 11.8 Å². The molecule has 0 aliphatic carbocycles. The number of halogens is 3. The summed E-state index contributed by atoms with van der Waals surface area (Å²) in [6.45, 7) is 1.45. The Bertz CT molecular complexity index is 562. The van der Waals surface area contributed by atoms with E-state index < -0.39 is 23.7 Å². The Balaban J connectivity index is 2.09. The van der Waals surface area contributed by atoms with Crippen molar-refractivity contribution >= 4 is 17.5 Å². The lowest BCUT2D eigenvalue weighted by Gasteiger charge is -2.23. The highest BCUT2D eigenvalue weighted by Gasteiger charge is 2.33. The molecule has 1 saturated heterocycles. The molecule has 2 rings (SSSR count). The highest BCUT2D eigenvalue weighted by molar-refractivity contribution is 5.96. The number of anilines is 1. The van der Waals surface area contributed by atoms with Crippen LogP contribution in [0.3, 0.4) is 0 Å². The van der Waals surface area contributed by atoms with Crippen molar-refractivity contribution in [2.45, 2.75) is 19.1 Å². The predicted octanol–water partition coefficient (Wildman–Crippen LogP) is 1.04. The highest BCUT2D eigenvalue weighted by atomic mass is 19.4. The largest absolute Gasteiger partial charge is 0.416 e. The van der Waals surface area contributed by atoms with Crippen LogP contribution in [0.2, 0.25) is 0 Å². The van der Waals surface area contributed by atoms with Gasteiger partial charge in [0.25, 0.3) is 0 Å². The molecular formula is C13H14F3N3O2. The zero-order valence-electron chi connectivity index (χ0n) is 11.2. The fourth-order valence-electron chi connectivity index (χ4n) is 1.99. The van der Waals surface area contributed by atoms with Gasteiger partial charge >= 0.3 is 6.18 Å². The van der Waals surface area contributed by atoms with Gasteiger partial charge in [-0.15, -0.1) is 0 Å². The standard InChI is InChI=1S/C13H14F3N3O2/c1-7-2-3-8(4-9(7)13(14,15)16)19-12(21)10-5-18-11(20)6-17-10/h2-4,10,17H,5-6H2,1H3,(H,18,20)(H,19,21). The Morgan fingerprint density at radius 3 is 2.67 bits per heavy atom. The summed E-state index contributed by atoms with van der Waals surface area (Å²) in [6, 6.07) is 2.94. The minimum atomic E-state index is -4.47. The van der Waals surface area contributed by atoms with Crippen molar-refractivity contribution in [3.8, 4) is 0 Å². The maximum absolute atomic E-state index is 12.8. The Morgan fingerprint density at radius 2 is 2.10 bits per heavy atom. The van der Waals surface area contributed by atoms with E-state index in [0.29, 0.717) is 0 Å². The van der Waals surface area contributed by atoms with E-state index in [4.69, 9.17) is 0 Å². The van der Waals surface area contributed by atoms with Gasteiger partial charge in [-0.2, -0.15) is 13.2 Å². The molecule has 1 aromatic rings. The van der Waals surface area contributed by atoms with E-state index in [1.54, 1.807) is 0 Å². The lowest BCUT2D eigenvalue weighted by Crippen LogP contribution is -2.56. The number of rotatable bonds is 2. The van der Waals surface area contributed by atoms with Crippen molar-refractivity contribution in [2.75, 3.05) is 18.4 Å². The number of amides is 2. The van der Waals surface area contributed by atoms with Gasteiger partial charge in [0.1, 0.15) is 6.04 Å². The van der Waals surface area contributed by atoms with Crippen LogP contribution in [0.1, 0.15) is 11.1 Å². The summed E-state index contributed by atoms with van der Waals surface area (Å²) >= 11 is 0. The molecule has 21 heavy (non-hydrogen) atoms. The van der Waals surface area contributed by atoms with Crippen LogP contribution in [0.5, 0.6) is 0 Å². The summed E-state index contributed by atoms with van der Waals surface area (Å²) in [5, 5.41) is 7.61. The van der Waals surface area contributed by atoms with Crippen molar-refractivity contribution < 1.29 is 22.8 Å². The molecule has 5 nitrogen and oxygen atoms in total. The number of benzene rings is 1. The SMILES string of the molecule is Cc1ccc(NC(=O)C2CNC(=O)CN2)cc1C(F)(F)F. The van der Waals surface area contributed by atoms with Crippen LogP contribution >= 0.6 is 0 Å². The Labute approximate surface area is 118 Å².